The predicted molar refractivity (Wildman–Crippen MR) is 64.1 cm³/mol. The molecule has 0 amide bonds. The van der Waals surface area contributed by atoms with Crippen LogP contribution in [-0.4, -0.2) is 30.6 Å². The number of likely N-dealkylation sites (N-methyl/N-ethyl adjacent to an activating group) is 1. The zero-order valence-corrected chi connectivity index (χ0v) is 9.92. The van der Waals surface area contributed by atoms with Gasteiger partial charge in [0.15, 0.2) is 0 Å². The molecule has 1 atom stereocenters. The Morgan fingerprint density at radius 2 is 1.80 bits per heavy atom. The highest BCUT2D eigenvalue weighted by molar-refractivity contribution is 5.13. The molecule has 1 aliphatic carbocycles. The summed E-state index contributed by atoms with van der Waals surface area (Å²) < 4.78 is 0. The fourth-order valence-corrected chi connectivity index (χ4v) is 2.69. The van der Waals surface area contributed by atoms with E-state index in [1.807, 2.05) is 0 Å². The molecular formula is C12H23N3. The van der Waals surface area contributed by atoms with Crippen molar-refractivity contribution in [2.24, 2.45) is 5.84 Å². The quantitative estimate of drug-likeness (QED) is 0.317. The van der Waals surface area contributed by atoms with Crippen molar-refractivity contribution in [1.82, 2.24) is 10.3 Å². The molecule has 0 radical (unpaired) electrons. The Labute approximate surface area is 93.4 Å². The van der Waals surface area contributed by atoms with Gasteiger partial charge in [-0.3, -0.25) is 5.84 Å². The zero-order chi connectivity index (χ0) is 11.3. The van der Waals surface area contributed by atoms with Gasteiger partial charge in [0.2, 0.25) is 0 Å². The van der Waals surface area contributed by atoms with Crippen molar-refractivity contribution in [3.05, 3.63) is 0 Å². The lowest BCUT2D eigenvalue weighted by atomic mass is 9.82. The zero-order valence-electron chi connectivity index (χ0n) is 9.92. The first-order valence-corrected chi connectivity index (χ1v) is 5.77. The van der Waals surface area contributed by atoms with Crippen LogP contribution in [0.4, 0.5) is 0 Å². The third-order valence-electron chi connectivity index (χ3n) is 3.73. The van der Waals surface area contributed by atoms with E-state index in [9.17, 15) is 0 Å². The van der Waals surface area contributed by atoms with Crippen molar-refractivity contribution in [1.29, 1.82) is 0 Å². The summed E-state index contributed by atoms with van der Waals surface area (Å²) in [6.45, 7) is 0. The molecule has 0 aromatic carbocycles. The number of rotatable bonds is 3. The van der Waals surface area contributed by atoms with Gasteiger partial charge in [-0.1, -0.05) is 31.6 Å². The number of nitrogens with zero attached hydrogens (tertiary/aromatic N) is 1. The van der Waals surface area contributed by atoms with Gasteiger partial charge >= 0.3 is 0 Å². The minimum absolute atomic E-state index is 0.0417. The van der Waals surface area contributed by atoms with Crippen LogP contribution < -0.4 is 11.3 Å². The standard InChI is InChI=1S/C12H23N3/c1-4-11(14-13)12(15(2)3)9-7-5-6-8-10-12/h1,11,14H,5-10,13H2,2-3H3. The summed E-state index contributed by atoms with van der Waals surface area (Å²) in [5.74, 6) is 8.36. The summed E-state index contributed by atoms with van der Waals surface area (Å²) in [5.41, 5.74) is 2.84. The largest absolute Gasteiger partial charge is 0.301 e. The van der Waals surface area contributed by atoms with Crippen LogP contribution in [0.25, 0.3) is 0 Å². The van der Waals surface area contributed by atoms with E-state index < -0.39 is 0 Å². The second-order valence-electron chi connectivity index (χ2n) is 4.68. The van der Waals surface area contributed by atoms with E-state index in [2.05, 4.69) is 30.3 Å². The Kier molecular flexibility index (Phi) is 4.59. The van der Waals surface area contributed by atoms with Crippen LogP contribution in [0.15, 0.2) is 0 Å². The molecule has 1 fully saturated rings. The van der Waals surface area contributed by atoms with Gasteiger partial charge in [-0.05, 0) is 26.9 Å². The monoisotopic (exact) mass is 209 g/mol. The lowest BCUT2D eigenvalue weighted by Crippen LogP contribution is -2.60. The molecule has 86 valence electrons. The third kappa shape index (κ3) is 2.52. The molecule has 3 heteroatoms. The maximum absolute atomic E-state index is 5.57. The second kappa shape index (κ2) is 5.50. The highest BCUT2D eigenvalue weighted by Crippen LogP contribution is 2.33. The van der Waals surface area contributed by atoms with Gasteiger partial charge in [0.05, 0.1) is 6.04 Å². The normalized spacial score (nSPS) is 23.1. The van der Waals surface area contributed by atoms with Gasteiger partial charge in [-0.15, -0.1) is 6.42 Å². The van der Waals surface area contributed by atoms with Crippen molar-refractivity contribution >= 4 is 0 Å². The van der Waals surface area contributed by atoms with E-state index >= 15 is 0 Å². The summed E-state index contributed by atoms with van der Waals surface area (Å²) in [5, 5.41) is 0. The molecule has 3 N–H and O–H groups in total. The van der Waals surface area contributed by atoms with Crippen molar-refractivity contribution < 1.29 is 0 Å². The number of hydrazine groups is 1. The molecule has 0 aromatic rings. The molecule has 0 spiro atoms. The van der Waals surface area contributed by atoms with Gasteiger partial charge < -0.3 is 4.90 Å². The number of terminal acetylenes is 1. The fraction of sp³-hybridized carbons (Fsp3) is 0.833. The first-order chi connectivity index (χ1) is 7.17. The molecule has 1 saturated carbocycles. The minimum Gasteiger partial charge on any atom is -0.301 e. The maximum Gasteiger partial charge on any atom is 0.0997 e. The van der Waals surface area contributed by atoms with Crippen LogP contribution in [0, 0.1) is 12.3 Å². The van der Waals surface area contributed by atoms with Crippen LogP contribution in [0.3, 0.4) is 0 Å². The predicted octanol–water partition coefficient (Wildman–Crippen LogP) is 1.11. The van der Waals surface area contributed by atoms with E-state index in [-0.39, 0.29) is 11.6 Å². The van der Waals surface area contributed by atoms with E-state index in [1.54, 1.807) is 0 Å². The van der Waals surface area contributed by atoms with Crippen LogP contribution >= 0.6 is 0 Å². The molecule has 15 heavy (non-hydrogen) atoms. The molecule has 0 saturated heterocycles. The van der Waals surface area contributed by atoms with Gasteiger partial charge in [-0.25, -0.2) is 5.43 Å². The van der Waals surface area contributed by atoms with Gasteiger partial charge in [-0.2, -0.15) is 0 Å². The average Bonchev–Trinajstić information content (AvgIpc) is 2.46. The Bertz CT molecular complexity index is 222. The molecule has 1 rings (SSSR count). The molecule has 1 aliphatic rings. The molecular weight excluding hydrogens is 186 g/mol. The highest BCUT2D eigenvalue weighted by atomic mass is 15.3. The van der Waals surface area contributed by atoms with Gasteiger partial charge in [0.25, 0.3) is 0 Å². The second-order valence-corrected chi connectivity index (χ2v) is 4.68. The van der Waals surface area contributed by atoms with E-state index in [0.29, 0.717) is 0 Å². The van der Waals surface area contributed by atoms with Gasteiger partial charge in [0.1, 0.15) is 0 Å². The molecule has 3 nitrogen and oxygen atoms in total. The first kappa shape index (κ1) is 12.5. The van der Waals surface area contributed by atoms with Crippen LogP contribution in [0.2, 0.25) is 0 Å². The Balaban J connectivity index is 2.89. The van der Waals surface area contributed by atoms with Crippen molar-refractivity contribution in [3.8, 4) is 12.3 Å². The van der Waals surface area contributed by atoms with Crippen molar-refractivity contribution in [2.75, 3.05) is 14.1 Å². The minimum atomic E-state index is -0.0504. The smallest absolute Gasteiger partial charge is 0.0997 e. The average molecular weight is 209 g/mol. The summed E-state index contributed by atoms with van der Waals surface area (Å²) >= 11 is 0. The molecule has 0 bridgehead atoms. The van der Waals surface area contributed by atoms with E-state index in [0.717, 1.165) is 12.8 Å². The fourth-order valence-electron chi connectivity index (χ4n) is 2.69. The summed E-state index contributed by atoms with van der Waals surface area (Å²) in [6, 6.07) is -0.0504. The van der Waals surface area contributed by atoms with Crippen molar-refractivity contribution in [2.45, 2.75) is 50.1 Å². The Morgan fingerprint density at radius 1 is 1.27 bits per heavy atom. The summed E-state index contributed by atoms with van der Waals surface area (Å²) in [4.78, 5) is 2.25. The lowest BCUT2D eigenvalue weighted by molar-refractivity contribution is 0.103. The Morgan fingerprint density at radius 3 is 2.13 bits per heavy atom. The van der Waals surface area contributed by atoms with Crippen LogP contribution in [-0.2, 0) is 0 Å². The summed E-state index contributed by atoms with van der Waals surface area (Å²) in [6.07, 6.45) is 13.0. The molecule has 1 unspecified atom stereocenters. The molecule has 0 aliphatic heterocycles. The topological polar surface area (TPSA) is 41.3 Å². The first-order valence-electron chi connectivity index (χ1n) is 5.77. The van der Waals surface area contributed by atoms with Crippen molar-refractivity contribution in [3.63, 3.8) is 0 Å². The Hall–Kier alpha value is -0.560. The SMILES string of the molecule is C#CC(NN)C1(N(C)C)CCCCCC1. The molecule has 0 heterocycles. The summed E-state index contributed by atoms with van der Waals surface area (Å²) in [7, 11) is 4.21. The number of nitrogens with one attached hydrogen (secondary N) is 1. The maximum atomic E-state index is 5.57. The van der Waals surface area contributed by atoms with E-state index in [1.165, 1.54) is 25.7 Å². The third-order valence-corrected chi connectivity index (χ3v) is 3.73. The lowest BCUT2D eigenvalue weighted by Gasteiger charge is -2.43. The van der Waals surface area contributed by atoms with Crippen LogP contribution in [0.1, 0.15) is 38.5 Å². The molecule has 0 aromatic heterocycles. The van der Waals surface area contributed by atoms with Crippen LogP contribution in [0.5, 0.6) is 0 Å². The van der Waals surface area contributed by atoms with E-state index in [4.69, 9.17) is 12.3 Å². The van der Waals surface area contributed by atoms with Gasteiger partial charge in [0, 0.05) is 5.54 Å². The number of hydrogen-bond donors (Lipinski definition) is 2. The number of nitrogens with two attached hydrogens (primary N) is 1. The number of hydrogen-bond acceptors (Lipinski definition) is 3. The highest BCUT2D eigenvalue weighted by Gasteiger charge is 2.39.